The summed E-state index contributed by atoms with van der Waals surface area (Å²) in [5.74, 6) is 1.53. The smallest absolute Gasteiger partial charge is 0.161 e. The van der Waals surface area contributed by atoms with Crippen LogP contribution in [0.3, 0.4) is 0 Å². The summed E-state index contributed by atoms with van der Waals surface area (Å²) in [5, 5.41) is 0. The molecule has 0 spiro atoms. The van der Waals surface area contributed by atoms with Crippen molar-refractivity contribution in [3.8, 4) is 11.5 Å². The number of hydrogen-bond acceptors (Lipinski definition) is 4. The third-order valence-electron chi connectivity index (χ3n) is 4.27. The fourth-order valence-corrected chi connectivity index (χ4v) is 3.11. The van der Waals surface area contributed by atoms with Crippen molar-refractivity contribution in [2.75, 3.05) is 27.3 Å². The van der Waals surface area contributed by atoms with Crippen molar-refractivity contribution in [2.24, 2.45) is 5.73 Å². The van der Waals surface area contributed by atoms with Gasteiger partial charge in [-0.2, -0.15) is 0 Å². The molecular formula is C16H26N2O2. The fourth-order valence-electron chi connectivity index (χ4n) is 3.11. The van der Waals surface area contributed by atoms with E-state index in [1.165, 1.54) is 24.8 Å². The van der Waals surface area contributed by atoms with Gasteiger partial charge < -0.3 is 15.2 Å². The summed E-state index contributed by atoms with van der Waals surface area (Å²) in [6.07, 6.45) is 3.83. The van der Waals surface area contributed by atoms with Gasteiger partial charge in [0.05, 0.1) is 14.2 Å². The molecule has 1 aromatic carbocycles. The van der Waals surface area contributed by atoms with E-state index in [1.54, 1.807) is 14.2 Å². The van der Waals surface area contributed by atoms with Crippen molar-refractivity contribution >= 4 is 0 Å². The molecule has 1 fully saturated rings. The molecule has 0 radical (unpaired) electrons. The zero-order chi connectivity index (χ0) is 14.5. The highest BCUT2D eigenvalue weighted by Crippen LogP contribution is 2.33. The van der Waals surface area contributed by atoms with E-state index in [1.807, 2.05) is 6.07 Å². The Bertz CT molecular complexity index is 436. The van der Waals surface area contributed by atoms with Crippen LogP contribution in [0.5, 0.6) is 11.5 Å². The van der Waals surface area contributed by atoms with Gasteiger partial charge >= 0.3 is 0 Å². The monoisotopic (exact) mass is 278 g/mol. The molecular weight excluding hydrogens is 252 g/mol. The van der Waals surface area contributed by atoms with Gasteiger partial charge in [0.15, 0.2) is 11.5 Å². The molecule has 0 aromatic heterocycles. The maximum absolute atomic E-state index is 6.05. The molecule has 112 valence electrons. The number of piperidine rings is 1. The summed E-state index contributed by atoms with van der Waals surface area (Å²) in [6, 6.07) is 6.96. The molecule has 2 rings (SSSR count). The first kappa shape index (κ1) is 15.1. The van der Waals surface area contributed by atoms with E-state index in [-0.39, 0.29) is 6.04 Å². The number of methoxy groups -OCH3 is 2. The zero-order valence-corrected chi connectivity index (χ0v) is 12.8. The fraction of sp³-hybridized carbons (Fsp3) is 0.625. The van der Waals surface area contributed by atoms with E-state index >= 15 is 0 Å². The Hall–Kier alpha value is -1.26. The number of ether oxygens (including phenoxy) is 2. The number of nitrogens with zero attached hydrogens (tertiary/aromatic N) is 1. The van der Waals surface area contributed by atoms with Gasteiger partial charge in [-0.1, -0.05) is 12.5 Å². The van der Waals surface area contributed by atoms with E-state index in [9.17, 15) is 0 Å². The van der Waals surface area contributed by atoms with Crippen LogP contribution >= 0.6 is 0 Å². The van der Waals surface area contributed by atoms with E-state index in [4.69, 9.17) is 15.2 Å². The lowest BCUT2D eigenvalue weighted by molar-refractivity contribution is 0.108. The Labute approximate surface area is 121 Å². The van der Waals surface area contributed by atoms with Crippen LogP contribution in [0.2, 0.25) is 0 Å². The molecule has 2 unspecified atom stereocenters. The second kappa shape index (κ2) is 6.95. The molecule has 1 aromatic rings. The minimum absolute atomic E-state index is 0.255. The molecule has 1 aliphatic rings. The lowest BCUT2D eigenvalue weighted by atomic mass is 9.97. The van der Waals surface area contributed by atoms with Crippen LogP contribution < -0.4 is 15.2 Å². The Kier molecular flexibility index (Phi) is 5.26. The first-order valence-electron chi connectivity index (χ1n) is 7.39. The maximum atomic E-state index is 6.05. The van der Waals surface area contributed by atoms with Gasteiger partial charge in [-0.15, -0.1) is 0 Å². The Balaban J connectivity index is 2.26. The Morgan fingerprint density at radius 2 is 2.00 bits per heavy atom. The van der Waals surface area contributed by atoms with Crippen molar-refractivity contribution in [3.63, 3.8) is 0 Å². The third kappa shape index (κ3) is 3.07. The van der Waals surface area contributed by atoms with Gasteiger partial charge in [0, 0.05) is 18.6 Å². The highest BCUT2D eigenvalue weighted by atomic mass is 16.5. The van der Waals surface area contributed by atoms with E-state index in [0.29, 0.717) is 12.6 Å². The minimum Gasteiger partial charge on any atom is -0.493 e. The normalized spacial score (nSPS) is 21.5. The Morgan fingerprint density at radius 1 is 1.25 bits per heavy atom. The standard InChI is InChI=1S/C16H26N2O2/c1-12-6-4-5-9-18(12)14(11-17)13-7-8-15(19-2)16(10-13)20-3/h7-8,10,12,14H,4-6,9,11,17H2,1-3H3. The van der Waals surface area contributed by atoms with Crippen LogP contribution in [0.4, 0.5) is 0 Å². The van der Waals surface area contributed by atoms with Crippen LogP contribution in [0.1, 0.15) is 37.8 Å². The average molecular weight is 278 g/mol. The molecule has 0 amide bonds. The molecule has 4 heteroatoms. The predicted octanol–water partition coefficient (Wildman–Crippen LogP) is 2.58. The molecule has 2 N–H and O–H groups in total. The van der Waals surface area contributed by atoms with Gasteiger partial charge in [-0.05, 0) is 44.0 Å². The van der Waals surface area contributed by atoms with E-state index < -0.39 is 0 Å². The van der Waals surface area contributed by atoms with Crippen LogP contribution in [0.15, 0.2) is 18.2 Å². The zero-order valence-electron chi connectivity index (χ0n) is 12.8. The summed E-state index contributed by atoms with van der Waals surface area (Å²) < 4.78 is 10.7. The average Bonchev–Trinajstić information content (AvgIpc) is 2.49. The number of rotatable bonds is 5. The first-order valence-corrected chi connectivity index (χ1v) is 7.39. The SMILES string of the molecule is COc1ccc(C(CN)N2CCCCC2C)cc1OC. The van der Waals surface area contributed by atoms with Crippen LogP contribution in [-0.2, 0) is 0 Å². The Morgan fingerprint density at radius 3 is 2.60 bits per heavy atom. The first-order chi connectivity index (χ1) is 9.71. The van der Waals surface area contributed by atoms with Crippen molar-refractivity contribution in [2.45, 2.75) is 38.3 Å². The minimum atomic E-state index is 0.255. The number of benzene rings is 1. The number of likely N-dealkylation sites (tertiary alicyclic amines) is 1. The highest BCUT2D eigenvalue weighted by Gasteiger charge is 2.26. The molecule has 1 heterocycles. The molecule has 1 aliphatic heterocycles. The quantitative estimate of drug-likeness (QED) is 0.899. The highest BCUT2D eigenvalue weighted by molar-refractivity contribution is 5.44. The van der Waals surface area contributed by atoms with Crippen molar-refractivity contribution < 1.29 is 9.47 Å². The van der Waals surface area contributed by atoms with Crippen molar-refractivity contribution in [3.05, 3.63) is 23.8 Å². The molecule has 0 aliphatic carbocycles. The van der Waals surface area contributed by atoms with Crippen LogP contribution in [-0.4, -0.2) is 38.3 Å². The molecule has 4 nitrogen and oxygen atoms in total. The van der Waals surface area contributed by atoms with Gasteiger partial charge in [0.2, 0.25) is 0 Å². The topological polar surface area (TPSA) is 47.7 Å². The number of nitrogens with two attached hydrogens (primary N) is 1. The summed E-state index contributed by atoms with van der Waals surface area (Å²) >= 11 is 0. The molecule has 0 bridgehead atoms. The third-order valence-corrected chi connectivity index (χ3v) is 4.27. The van der Waals surface area contributed by atoms with Crippen LogP contribution in [0.25, 0.3) is 0 Å². The van der Waals surface area contributed by atoms with E-state index in [0.717, 1.165) is 18.0 Å². The van der Waals surface area contributed by atoms with E-state index in [2.05, 4.69) is 24.0 Å². The van der Waals surface area contributed by atoms with Crippen molar-refractivity contribution in [1.29, 1.82) is 0 Å². The maximum Gasteiger partial charge on any atom is 0.161 e. The second-order valence-electron chi connectivity index (χ2n) is 5.45. The van der Waals surface area contributed by atoms with Crippen molar-refractivity contribution in [1.82, 2.24) is 4.90 Å². The largest absolute Gasteiger partial charge is 0.493 e. The lowest BCUT2D eigenvalue weighted by Crippen LogP contribution is -2.43. The summed E-state index contributed by atoms with van der Waals surface area (Å²) in [7, 11) is 3.33. The van der Waals surface area contributed by atoms with Crippen LogP contribution in [0, 0.1) is 0 Å². The lowest BCUT2D eigenvalue weighted by Gasteiger charge is -2.39. The molecule has 1 saturated heterocycles. The summed E-state index contributed by atoms with van der Waals surface area (Å²) in [5.41, 5.74) is 7.25. The van der Waals surface area contributed by atoms with Gasteiger partial charge in [-0.3, -0.25) is 4.90 Å². The van der Waals surface area contributed by atoms with Gasteiger partial charge in [0.25, 0.3) is 0 Å². The summed E-state index contributed by atoms with van der Waals surface area (Å²) in [6.45, 7) is 4.04. The van der Waals surface area contributed by atoms with Gasteiger partial charge in [0.1, 0.15) is 0 Å². The molecule has 2 atom stereocenters. The second-order valence-corrected chi connectivity index (χ2v) is 5.45. The molecule has 20 heavy (non-hydrogen) atoms. The predicted molar refractivity (Wildman–Crippen MR) is 81.4 cm³/mol. The number of hydrogen-bond donors (Lipinski definition) is 1. The molecule has 0 saturated carbocycles. The van der Waals surface area contributed by atoms with Gasteiger partial charge in [-0.25, -0.2) is 0 Å². The summed E-state index contributed by atoms with van der Waals surface area (Å²) in [4.78, 5) is 2.52.